The normalized spacial score (nSPS) is 11.9. The zero-order valence-corrected chi connectivity index (χ0v) is 22.2. The van der Waals surface area contributed by atoms with Crippen LogP contribution in [0.4, 0.5) is 17.1 Å². The van der Waals surface area contributed by atoms with Gasteiger partial charge in [-0.1, -0.05) is 31.7 Å². The standard InChI is InChI=1S/C23H32N2O4Si.HI/c1-18(2)23(26)24-20-12-14-22(15-13-20)25(21-10-8-7-9-11-21)17-16-19(3)30(27-4,28-5)29-6;/h7-15,19H,1,16-17H2,2-6H3,(H,24,26);1H. The summed E-state index contributed by atoms with van der Waals surface area (Å²) in [6.07, 6.45) is 0.824. The van der Waals surface area contributed by atoms with Crippen LogP contribution in [0.25, 0.3) is 0 Å². The molecule has 0 saturated heterocycles. The molecule has 0 aromatic heterocycles. The van der Waals surface area contributed by atoms with Crippen LogP contribution in [-0.2, 0) is 18.1 Å². The molecule has 1 N–H and O–H groups in total. The van der Waals surface area contributed by atoms with Gasteiger partial charge in [-0.05, 0) is 49.7 Å². The largest absolute Gasteiger partial charge is 0.503 e. The van der Waals surface area contributed by atoms with Gasteiger partial charge < -0.3 is 23.5 Å². The Bertz CT molecular complexity index is 821. The molecule has 170 valence electrons. The fourth-order valence-electron chi connectivity index (χ4n) is 3.33. The van der Waals surface area contributed by atoms with E-state index in [-0.39, 0.29) is 35.4 Å². The highest BCUT2D eigenvalue weighted by molar-refractivity contribution is 14.0. The van der Waals surface area contributed by atoms with Crippen LogP contribution < -0.4 is 10.2 Å². The number of hydrogen-bond acceptors (Lipinski definition) is 5. The fraction of sp³-hybridized carbons (Fsp3) is 0.348. The summed E-state index contributed by atoms with van der Waals surface area (Å²) in [4.78, 5) is 14.1. The van der Waals surface area contributed by atoms with Crippen molar-refractivity contribution in [1.82, 2.24) is 0 Å². The molecule has 2 aromatic rings. The van der Waals surface area contributed by atoms with Crippen molar-refractivity contribution >= 4 is 55.8 Å². The number of amides is 1. The van der Waals surface area contributed by atoms with Gasteiger partial charge in [0.25, 0.3) is 5.91 Å². The number of rotatable bonds is 11. The molecule has 0 aliphatic heterocycles. The SMILES string of the molecule is C=C(C)C(=O)Nc1ccc(N(CCC(C)[Si](OC)(OC)OC)c2ccccc2)cc1.I. The predicted molar refractivity (Wildman–Crippen MR) is 140 cm³/mol. The van der Waals surface area contributed by atoms with Gasteiger partial charge in [-0.3, -0.25) is 4.79 Å². The molecule has 2 rings (SSSR count). The smallest absolute Gasteiger partial charge is 0.377 e. The lowest BCUT2D eigenvalue weighted by Gasteiger charge is -2.32. The average molecular weight is 557 g/mol. The second-order valence-corrected chi connectivity index (χ2v) is 10.6. The Hall–Kier alpha value is -1.72. The highest BCUT2D eigenvalue weighted by Crippen LogP contribution is 2.31. The van der Waals surface area contributed by atoms with Gasteiger partial charge in [0.1, 0.15) is 0 Å². The molecule has 1 unspecified atom stereocenters. The summed E-state index contributed by atoms with van der Waals surface area (Å²) < 4.78 is 16.9. The second kappa shape index (κ2) is 13.0. The van der Waals surface area contributed by atoms with Crippen molar-refractivity contribution in [2.75, 3.05) is 38.1 Å². The molecule has 0 radical (unpaired) electrons. The molecule has 0 aliphatic rings. The summed E-state index contributed by atoms with van der Waals surface area (Å²) in [5.74, 6) is -0.184. The first-order chi connectivity index (χ1) is 14.4. The van der Waals surface area contributed by atoms with Crippen LogP contribution in [0.15, 0.2) is 66.7 Å². The third-order valence-corrected chi connectivity index (χ3v) is 8.34. The van der Waals surface area contributed by atoms with Crippen LogP contribution in [0, 0.1) is 0 Å². The third kappa shape index (κ3) is 7.14. The Kier molecular flexibility index (Phi) is 11.4. The summed E-state index contributed by atoms with van der Waals surface area (Å²) in [5, 5.41) is 2.84. The minimum absolute atomic E-state index is 0. The Morgan fingerprint density at radius 1 is 1.00 bits per heavy atom. The van der Waals surface area contributed by atoms with Crippen molar-refractivity contribution in [3.05, 3.63) is 66.7 Å². The molecule has 8 heteroatoms. The van der Waals surface area contributed by atoms with E-state index < -0.39 is 8.80 Å². The van der Waals surface area contributed by atoms with Gasteiger partial charge in [-0.15, -0.1) is 24.0 Å². The van der Waals surface area contributed by atoms with Crippen molar-refractivity contribution < 1.29 is 18.1 Å². The van der Waals surface area contributed by atoms with E-state index in [4.69, 9.17) is 13.3 Å². The molecule has 0 heterocycles. The summed E-state index contributed by atoms with van der Waals surface area (Å²) >= 11 is 0. The first-order valence-electron chi connectivity index (χ1n) is 9.91. The van der Waals surface area contributed by atoms with E-state index in [9.17, 15) is 4.79 Å². The molecule has 1 atom stereocenters. The van der Waals surface area contributed by atoms with E-state index in [0.29, 0.717) is 5.57 Å². The van der Waals surface area contributed by atoms with Gasteiger partial charge in [0, 0.05) is 56.1 Å². The number of halogens is 1. The summed E-state index contributed by atoms with van der Waals surface area (Å²) in [6.45, 7) is 8.21. The molecule has 2 aromatic carbocycles. The van der Waals surface area contributed by atoms with Gasteiger partial charge in [-0.25, -0.2) is 0 Å². The maximum absolute atomic E-state index is 11.9. The Morgan fingerprint density at radius 2 is 1.52 bits per heavy atom. The van der Waals surface area contributed by atoms with E-state index in [1.54, 1.807) is 28.3 Å². The van der Waals surface area contributed by atoms with Crippen LogP contribution in [0.5, 0.6) is 0 Å². The maximum Gasteiger partial charge on any atom is 0.503 e. The number of carbonyl (C=O) groups excluding carboxylic acids is 1. The van der Waals surface area contributed by atoms with E-state index in [2.05, 4.69) is 35.9 Å². The first-order valence-corrected chi connectivity index (χ1v) is 11.7. The zero-order valence-electron chi connectivity index (χ0n) is 18.9. The van der Waals surface area contributed by atoms with Crippen molar-refractivity contribution in [2.24, 2.45) is 0 Å². The topological polar surface area (TPSA) is 60.0 Å². The van der Waals surface area contributed by atoms with Gasteiger partial charge in [-0.2, -0.15) is 0 Å². The molecule has 0 bridgehead atoms. The van der Waals surface area contributed by atoms with Crippen LogP contribution in [0.1, 0.15) is 20.3 Å². The monoisotopic (exact) mass is 556 g/mol. The van der Waals surface area contributed by atoms with Crippen molar-refractivity contribution in [1.29, 1.82) is 0 Å². The number of benzene rings is 2. The second-order valence-electron chi connectivity index (χ2n) is 7.17. The van der Waals surface area contributed by atoms with Crippen molar-refractivity contribution in [3.63, 3.8) is 0 Å². The summed E-state index contributed by atoms with van der Waals surface area (Å²) in [5.41, 5.74) is 3.45. The van der Waals surface area contributed by atoms with Crippen LogP contribution >= 0.6 is 24.0 Å². The third-order valence-electron chi connectivity index (χ3n) is 5.14. The maximum atomic E-state index is 11.9. The minimum atomic E-state index is -2.71. The number of hydrogen-bond donors (Lipinski definition) is 1. The zero-order chi connectivity index (χ0) is 22.1. The molecule has 0 fully saturated rings. The molecule has 0 spiro atoms. The van der Waals surface area contributed by atoms with E-state index in [0.717, 1.165) is 30.0 Å². The van der Waals surface area contributed by atoms with Gasteiger partial charge in [0.15, 0.2) is 0 Å². The lowest BCUT2D eigenvalue weighted by atomic mass is 10.2. The lowest BCUT2D eigenvalue weighted by molar-refractivity contribution is -0.112. The molecule has 0 saturated carbocycles. The highest BCUT2D eigenvalue weighted by Gasteiger charge is 2.44. The summed E-state index contributed by atoms with van der Waals surface area (Å²) in [6, 6.07) is 18.0. The number of nitrogens with one attached hydrogen (secondary N) is 1. The van der Waals surface area contributed by atoms with E-state index in [1.165, 1.54) is 0 Å². The lowest BCUT2D eigenvalue weighted by Crippen LogP contribution is -2.47. The first kappa shape index (κ1) is 27.3. The Balaban J connectivity index is 0.00000480. The quantitative estimate of drug-likeness (QED) is 0.221. The van der Waals surface area contributed by atoms with Gasteiger partial charge >= 0.3 is 8.80 Å². The van der Waals surface area contributed by atoms with Crippen LogP contribution in [0.2, 0.25) is 5.54 Å². The molecule has 6 nitrogen and oxygen atoms in total. The summed E-state index contributed by atoms with van der Waals surface area (Å²) in [7, 11) is 2.21. The molecular weight excluding hydrogens is 523 g/mol. The Labute approximate surface area is 204 Å². The Morgan fingerprint density at radius 3 is 2.00 bits per heavy atom. The van der Waals surface area contributed by atoms with Crippen molar-refractivity contribution in [3.8, 4) is 0 Å². The molecule has 31 heavy (non-hydrogen) atoms. The van der Waals surface area contributed by atoms with Crippen LogP contribution in [-0.4, -0.2) is 42.6 Å². The molecule has 0 aliphatic carbocycles. The van der Waals surface area contributed by atoms with Crippen LogP contribution in [0.3, 0.4) is 0 Å². The highest BCUT2D eigenvalue weighted by atomic mass is 127. The van der Waals surface area contributed by atoms with Gasteiger partial charge in [0.05, 0.1) is 0 Å². The van der Waals surface area contributed by atoms with E-state index in [1.807, 2.05) is 42.5 Å². The number of carbonyl (C=O) groups is 1. The average Bonchev–Trinajstić information content (AvgIpc) is 2.77. The van der Waals surface area contributed by atoms with Gasteiger partial charge in [0.2, 0.25) is 0 Å². The molecular formula is C23H33IN2O4Si. The number of anilines is 3. The number of nitrogens with zero attached hydrogens (tertiary/aromatic N) is 1. The van der Waals surface area contributed by atoms with Crippen molar-refractivity contribution in [2.45, 2.75) is 25.8 Å². The molecule has 1 amide bonds. The predicted octanol–water partition coefficient (Wildman–Crippen LogP) is 5.62. The van der Waals surface area contributed by atoms with E-state index >= 15 is 0 Å². The fourth-order valence-corrected chi connectivity index (χ4v) is 5.52. The number of para-hydroxylation sites is 1. The minimum Gasteiger partial charge on any atom is -0.377 e.